The number of nitrogens with one attached hydrogen (secondary N) is 2. The molecule has 0 aliphatic heterocycles. The van der Waals surface area contributed by atoms with Crippen molar-refractivity contribution in [1.82, 2.24) is 10.6 Å². The highest BCUT2D eigenvalue weighted by Crippen LogP contribution is 2.30. The van der Waals surface area contributed by atoms with Gasteiger partial charge in [0.2, 0.25) is 0 Å². The minimum atomic E-state index is -0.475. The first-order valence-corrected chi connectivity index (χ1v) is 8.80. The van der Waals surface area contributed by atoms with Gasteiger partial charge in [0.25, 0.3) is 11.8 Å². The molecular formula is C20H22FN3O3. The normalized spacial score (nSPS) is 13.3. The van der Waals surface area contributed by atoms with Crippen molar-refractivity contribution < 1.29 is 19.1 Å². The minimum Gasteiger partial charge on any atom is -0.398 e. The Morgan fingerprint density at radius 3 is 2.59 bits per heavy atom. The van der Waals surface area contributed by atoms with Gasteiger partial charge in [0.15, 0.2) is 0 Å². The number of benzene rings is 2. The quantitative estimate of drug-likeness (QED) is 0.583. The number of aliphatic hydroxyl groups excluding tert-OH is 1. The lowest BCUT2D eigenvalue weighted by molar-refractivity contribution is 0.0940. The molecule has 2 aromatic carbocycles. The van der Waals surface area contributed by atoms with E-state index in [-0.39, 0.29) is 41.9 Å². The molecule has 0 aromatic heterocycles. The Kier molecular flexibility index (Phi) is 5.41. The smallest absolute Gasteiger partial charge is 0.253 e. The Morgan fingerprint density at radius 2 is 1.96 bits per heavy atom. The molecule has 7 heteroatoms. The molecule has 2 aromatic rings. The molecule has 0 radical (unpaired) electrons. The van der Waals surface area contributed by atoms with Gasteiger partial charge < -0.3 is 21.5 Å². The Morgan fingerprint density at radius 1 is 1.22 bits per heavy atom. The standard InChI is InChI=1S/C20H22FN3O3/c1-11-16(8-13(9-17(11)21)19(26)24-14-3-4-14)12-2-5-15(18(22)10-12)20(27)23-6-7-25/h2,5,8-10,14,25H,3-4,6-7,22H2,1H3,(H,23,27)(H,24,26). The van der Waals surface area contributed by atoms with Gasteiger partial charge in [0, 0.05) is 23.8 Å². The van der Waals surface area contributed by atoms with E-state index in [0.29, 0.717) is 16.7 Å². The van der Waals surface area contributed by atoms with Crippen LogP contribution in [0.4, 0.5) is 10.1 Å². The van der Waals surface area contributed by atoms with Crippen molar-refractivity contribution in [3.63, 3.8) is 0 Å². The maximum Gasteiger partial charge on any atom is 0.253 e. The van der Waals surface area contributed by atoms with E-state index in [4.69, 9.17) is 10.8 Å². The van der Waals surface area contributed by atoms with Crippen LogP contribution in [-0.2, 0) is 0 Å². The van der Waals surface area contributed by atoms with Crippen LogP contribution in [0.3, 0.4) is 0 Å². The second-order valence-electron chi connectivity index (χ2n) is 6.66. The Labute approximate surface area is 156 Å². The van der Waals surface area contributed by atoms with Crippen molar-refractivity contribution in [2.75, 3.05) is 18.9 Å². The van der Waals surface area contributed by atoms with E-state index < -0.39 is 11.7 Å². The predicted molar refractivity (Wildman–Crippen MR) is 101 cm³/mol. The van der Waals surface area contributed by atoms with Crippen molar-refractivity contribution in [3.8, 4) is 11.1 Å². The van der Waals surface area contributed by atoms with E-state index in [0.717, 1.165) is 12.8 Å². The molecule has 1 aliphatic rings. The number of carbonyl (C=O) groups is 2. The van der Waals surface area contributed by atoms with Gasteiger partial charge in [-0.3, -0.25) is 9.59 Å². The number of amides is 2. The molecule has 0 spiro atoms. The van der Waals surface area contributed by atoms with Gasteiger partial charge in [0.1, 0.15) is 5.82 Å². The number of hydrogen-bond acceptors (Lipinski definition) is 4. The van der Waals surface area contributed by atoms with Crippen LogP contribution in [0, 0.1) is 12.7 Å². The van der Waals surface area contributed by atoms with E-state index >= 15 is 0 Å². The van der Waals surface area contributed by atoms with Crippen LogP contribution in [0.5, 0.6) is 0 Å². The number of carbonyl (C=O) groups excluding carboxylic acids is 2. The number of nitrogen functional groups attached to an aromatic ring is 1. The highest BCUT2D eigenvalue weighted by molar-refractivity contribution is 6.00. The molecule has 1 saturated carbocycles. The molecule has 0 unspecified atom stereocenters. The summed E-state index contributed by atoms with van der Waals surface area (Å²) in [6, 6.07) is 7.84. The summed E-state index contributed by atoms with van der Waals surface area (Å²) in [6.07, 6.45) is 1.90. The van der Waals surface area contributed by atoms with Crippen LogP contribution < -0.4 is 16.4 Å². The monoisotopic (exact) mass is 371 g/mol. The summed E-state index contributed by atoms with van der Waals surface area (Å²) in [5.41, 5.74) is 8.31. The molecule has 2 amide bonds. The molecule has 27 heavy (non-hydrogen) atoms. The Bertz CT molecular complexity index is 894. The number of anilines is 1. The van der Waals surface area contributed by atoms with Gasteiger partial charge >= 0.3 is 0 Å². The first-order chi connectivity index (χ1) is 12.9. The lowest BCUT2D eigenvalue weighted by Crippen LogP contribution is -2.27. The fourth-order valence-corrected chi connectivity index (χ4v) is 2.81. The first kappa shape index (κ1) is 18.8. The van der Waals surface area contributed by atoms with Gasteiger partial charge in [-0.1, -0.05) is 6.07 Å². The predicted octanol–water partition coefficient (Wildman–Crippen LogP) is 2.00. The van der Waals surface area contributed by atoms with E-state index in [1.54, 1.807) is 31.2 Å². The summed E-state index contributed by atoms with van der Waals surface area (Å²) in [5.74, 6) is -1.17. The van der Waals surface area contributed by atoms with Crippen molar-refractivity contribution in [2.24, 2.45) is 0 Å². The van der Waals surface area contributed by atoms with Crippen molar-refractivity contribution in [1.29, 1.82) is 0 Å². The topological polar surface area (TPSA) is 104 Å². The summed E-state index contributed by atoms with van der Waals surface area (Å²) in [5, 5.41) is 14.2. The maximum absolute atomic E-state index is 14.4. The molecule has 0 heterocycles. The average Bonchev–Trinajstić information content (AvgIpc) is 3.45. The van der Waals surface area contributed by atoms with E-state index in [9.17, 15) is 14.0 Å². The third-order valence-corrected chi connectivity index (χ3v) is 4.52. The molecule has 5 N–H and O–H groups in total. The number of hydrogen-bond donors (Lipinski definition) is 4. The molecule has 1 fully saturated rings. The third-order valence-electron chi connectivity index (χ3n) is 4.52. The largest absolute Gasteiger partial charge is 0.398 e. The van der Waals surface area contributed by atoms with Crippen LogP contribution in [0.2, 0.25) is 0 Å². The first-order valence-electron chi connectivity index (χ1n) is 8.80. The maximum atomic E-state index is 14.4. The lowest BCUT2D eigenvalue weighted by atomic mass is 9.95. The number of nitrogens with two attached hydrogens (primary N) is 1. The zero-order valence-electron chi connectivity index (χ0n) is 15.0. The fourth-order valence-electron chi connectivity index (χ4n) is 2.81. The number of halogens is 1. The molecule has 142 valence electrons. The van der Waals surface area contributed by atoms with Gasteiger partial charge in [-0.2, -0.15) is 0 Å². The third kappa shape index (κ3) is 4.25. The Hall–Kier alpha value is -2.93. The molecular weight excluding hydrogens is 349 g/mol. The van der Waals surface area contributed by atoms with Crippen LogP contribution in [-0.4, -0.2) is 36.1 Å². The van der Waals surface area contributed by atoms with Crippen molar-refractivity contribution >= 4 is 17.5 Å². The molecule has 0 atom stereocenters. The molecule has 0 bridgehead atoms. The zero-order valence-corrected chi connectivity index (χ0v) is 15.0. The highest BCUT2D eigenvalue weighted by Gasteiger charge is 2.24. The summed E-state index contributed by atoms with van der Waals surface area (Å²) in [4.78, 5) is 24.3. The fraction of sp³-hybridized carbons (Fsp3) is 0.300. The van der Waals surface area contributed by atoms with E-state index in [2.05, 4.69) is 10.6 Å². The average molecular weight is 371 g/mol. The van der Waals surface area contributed by atoms with Crippen molar-refractivity contribution in [3.05, 3.63) is 52.8 Å². The van der Waals surface area contributed by atoms with Crippen LogP contribution in [0.1, 0.15) is 39.1 Å². The van der Waals surface area contributed by atoms with E-state index in [1.165, 1.54) is 6.07 Å². The second kappa shape index (κ2) is 7.75. The summed E-state index contributed by atoms with van der Waals surface area (Å²) >= 11 is 0. The second-order valence-corrected chi connectivity index (χ2v) is 6.66. The van der Waals surface area contributed by atoms with Crippen LogP contribution in [0.15, 0.2) is 30.3 Å². The number of aliphatic hydroxyl groups is 1. The summed E-state index contributed by atoms with van der Waals surface area (Å²) in [7, 11) is 0. The van der Waals surface area contributed by atoms with Gasteiger partial charge in [-0.25, -0.2) is 4.39 Å². The minimum absolute atomic E-state index is 0.127. The lowest BCUT2D eigenvalue weighted by Gasteiger charge is -2.13. The van der Waals surface area contributed by atoms with Gasteiger partial charge in [0.05, 0.1) is 12.2 Å². The molecule has 0 saturated heterocycles. The zero-order chi connectivity index (χ0) is 19.6. The number of rotatable bonds is 6. The van der Waals surface area contributed by atoms with Crippen molar-refractivity contribution in [2.45, 2.75) is 25.8 Å². The summed E-state index contributed by atoms with van der Waals surface area (Å²) < 4.78 is 14.4. The van der Waals surface area contributed by atoms with E-state index in [1.807, 2.05) is 0 Å². The van der Waals surface area contributed by atoms with Crippen LogP contribution >= 0.6 is 0 Å². The van der Waals surface area contributed by atoms with Gasteiger partial charge in [-0.05, 0) is 60.7 Å². The molecule has 6 nitrogen and oxygen atoms in total. The SMILES string of the molecule is Cc1c(F)cc(C(=O)NC2CC2)cc1-c1ccc(C(=O)NCCO)c(N)c1. The molecule has 1 aliphatic carbocycles. The highest BCUT2D eigenvalue weighted by atomic mass is 19.1. The summed E-state index contributed by atoms with van der Waals surface area (Å²) in [6.45, 7) is 1.59. The molecule has 3 rings (SSSR count). The Balaban J connectivity index is 1.93. The van der Waals surface area contributed by atoms with Crippen LogP contribution in [0.25, 0.3) is 11.1 Å². The van der Waals surface area contributed by atoms with Gasteiger partial charge in [-0.15, -0.1) is 0 Å².